The Morgan fingerprint density at radius 2 is 1.51 bits per heavy atom. The summed E-state index contributed by atoms with van der Waals surface area (Å²) in [6.45, 7) is 1.54. The highest BCUT2D eigenvalue weighted by atomic mass is 32.1. The molecule has 1 fully saturated rings. The van der Waals surface area contributed by atoms with Crippen LogP contribution in [0, 0.1) is 16.8 Å². The van der Waals surface area contributed by atoms with Gasteiger partial charge < -0.3 is 4.74 Å². The van der Waals surface area contributed by atoms with Gasteiger partial charge in [-0.05, 0) is 65.6 Å². The van der Waals surface area contributed by atoms with E-state index in [0.29, 0.717) is 16.4 Å². The predicted molar refractivity (Wildman–Crippen MR) is 132 cm³/mol. The minimum Gasteiger partial charge on any atom is -0.441 e. The number of ether oxygens (including phenoxy) is 1. The third-order valence-corrected chi connectivity index (χ3v) is 7.05. The van der Waals surface area contributed by atoms with Crippen molar-refractivity contribution in [1.82, 2.24) is 0 Å². The number of anilines is 1. The van der Waals surface area contributed by atoms with E-state index in [1.807, 2.05) is 24.3 Å². The minimum absolute atomic E-state index is 0.275. The molecule has 0 unspecified atom stereocenters. The number of hydrogen-bond donors (Lipinski definition) is 1. The van der Waals surface area contributed by atoms with Gasteiger partial charge in [0.15, 0.2) is 16.8 Å². The van der Waals surface area contributed by atoms with Crippen molar-refractivity contribution in [2.24, 2.45) is 0 Å². The van der Waals surface area contributed by atoms with Crippen molar-refractivity contribution < 1.29 is 22.7 Å². The van der Waals surface area contributed by atoms with Crippen LogP contribution in [0.3, 0.4) is 0 Å². The van der Waals surface area contributed by atoms with E-state index in [0.717, 1.165) is 40.2 Å². The van der Waals surface area contributed by atoms with Crippen LogP contribution in [0.25, 0.3) is 21.6 Å². The first-order valence-electron chi connectivity index (χ1n) is 11.3. The normalized spacial score (nSPS) is 13.9. The molecule has 35 heavy (non-hydrogen) atoms. The Morgan fingerprint density at radius 1 is 0.886 bits per heavy atom. The predicted octanol–water partition coefficient (Wildman–Crippen LogP) is 8.69. The minimum atomic E-state index is -1.03. The second-order valence-electron chi connectivity index (χ2n) is 8.61. The summed E-state index contributed by atoms with van der Waals surface area (Å²) in [5.74, 6) is -1.30. The first-order valence-corrected chi connectivity index (χ1v) is 12.1. The lowest BCUT2D eigenvalue weighted by Crippen LogP contribution is -2.16. The van der Waals surface area contributed by atoms with Crippen LogP contribution in [0.15, 0.2) is 72.8 Å². The fourth-order valence-corrected chi connectivity index (χ4v) is 4.83. The van der Waals surface area contributed by atoms with Gasteiger partial charge in [0.2, 0.25) is 0 Å². The summed E-state index contributed by atoms with van der Waals surface area (Å²) in [5.41, 5.74) is 4.85. The molecule has 1 aromatic heterocycles. The molecule has 1 aliphatic rings. The first-order chi connectivity index (χ1) is 16.9. The van der Waals surface area contributed by atoms with Crippen molar-refractivity contribution in [3.8, 4) is 21.6 Å². The van der Waals surface area contributed by atoms with Crippen molar-refractivity contribution in [1.29, 1.82) is 0 Å². The quantitative estimate of drug-likeness (QED) is 0.292. The van der Waals surface area contributed by atoms with Gasteiger partial charge in [0.1, 0.15) is 6.10 Å². The van der Waals surface area contributed by atoms with Crippen LogP contribution in [0.4, 0.5) is 23.7 Å². The van der Waals surface area contributed by atoms with E-state index in [1.165, 1.54) is 37.5 Å². The first kappa shape index (κ1) is 23.2. The number of nitrogens with one attached hydrogen (secondary N) is 1. The summed E-state index contributed by atoms with van der Waals surface area (Å²) >= 11 is 0.914. The maximum Gasteiger partial charge on any atom is 0.412 e. The molecule has 7 heteroatoms. The van der Waals surface area contributed by atoms with Gasteiger partial charge in [-0.1, -0.05) is 54.6 Å². The van der Waals surface area contributed by atoms with Gasteiger partial charge in [-0.15, -0.1) is 11.3 Å². The van der Waals surface area contributed by atoms with Crippen molar-refractivity contribution in [2.75, 3.05) is 5.32 Å². The zero-order valence-corrected chi connectivity index (χ0v) is 19.7. The van der Waals surface area contributed by atoms with E-state index in [-0.39, 0.29) is 5.69 Å². The molecule has 0 saturated heterocycles. The Bertz CT molecular complexity index is 1360. The van der Waals surface area contributed by atoms with Crippen LogP contribution in [0.1, 0.15) is 42.9 Å². The second-order valence-corrected chi connectivity index (χ2v) is 9.62. The second kappa shape index (κ2) is 9.58. The molecule has 1 aliphatic carbocycles. The molecule has 0 spiro atoms. The Kier molecular flexibility index (Phi) is 6.34. The molecular formula is C28H22F3NO2S. The molecule has 0 radical (unpaired) electrons. The number of hydrogen-bond acceptors (Lipinski definition) is 3. The number of rotatable bonds is 6. The lowest BCUT2D eigenvalue weighted by Gasteiger charge is -2.15. The van der Waals surface area contributed by atoms with E-state index in [1.54, 1.807) is 0 Å². The fraction of sp³-hybridized carbons (Fsp3) is 0.179. The summed E-state index contributed by atoms with van der Waals surface area (Å²) in [6.07, 6.45) is 0.870. The molecule has 3 nitrogen and oxygen atoms in total. The standard InChI is InChI=1S/C28H22F3NO2S/c1-16(22-12-13-23(29)24(30)14-22)34-28(33)32-25-15-26(31)35-27(25)21-10-8-20(9-11-21)19-6-4-18(5-7-19)17-2-3-17/h4-17H,2-3H2,1H3,(H,32,33)/t16-/m1/s1. The van der Waals surface area contributed by atoms with E-state index >= 15 is 0 Å². The van der Waals surface area contributed by atoms with Crippen LogP contribution in [-0.4, -0.2) is 6.09 Å². The summed E-state index contributed by atoms with van der Waals surface area (Å²) in [6, 6.07) is 20.8. The maximum atomic E-state index is 14.1. The molecule has 1 amide bonds. The Balaban J connectivity index is 1.29. The molecule has 4 aromatic rings. The third-order valence-electron chi connectivity index (χ3n) is 6.08. The summed E-state index contributed by atoms with van der Waals surface area (Å²) in [7, 11) is 0. The maximum absolute atomic E-state index is 14.1. The Labute approximate surface area is 205 Å². The molecule has 1 N–H and O–H groups in total. The van der Waals surface area contributed by atoms with Crippen LogP contribution in [-0.2, 0) is 4.74 Å². The topological polar surface area (TPSA) is 38.3 Å². The van der Waals surface area contributed by atoms with Crippen molar-refractivity contribution in [3.05, 3.63) is 101 Å². The highest BCUT2D eigenvalue weighted by Gasteiger charge is 2.23. The van der Waals surface area contributed by atoms with Crippen molar-refractivity contribution >= 4 is 23.1 Å². The number of halogens is 3. The highest BCUT2D eigenvalue weighted by molar-refractivity contribution is 7.14. The molecule has 3 aromatic carbocycles. The van der Waals surface area contributed by atoms with E-state index < -0.39 is 29.0 Å². The number of carbonyl (C=O) groups is 1. The molecule has 1 heterocycles. The van der Waals surface area contributed by atoms with Crippen molar-refractivity contribution in [3.63, 3.8) is 0 Å². The highest BCUT2D eigenvalue weighted by Crippen LogP contribution is 2.41. The molecule has 178 valence electrons. The lowest BCUT2D eigenvalue weighted by molar-refractivity contribution is 0.121. The van der Waals surface area contributed by atoms with Gasteiger partial charge in [0.05, 0.1) is 10.6 Å². The number of benzene rings is 3. The summed E-state index contributed by atoms with van der Waals surface area (Å²) in [4.78, 5) is 13.0. The average molecular weight is 494 g/mol. The average Bonchev–Trinajstić information content (AvgIpc) is 3.64. The zero-order chi connectivity index (χ0) is 24.5. The van der Waals surface area contributed by atoms with Gasteiger partial charge in [-0.25, -0.2) is 13.6 Å². The SMILES string of the molecule is C[C@@H](OC(=O)Nc1cc(F)sc1-c1ccc(-c2ccc(C3CC3)cc2)cc1)c1ccc(F)c(F)c1. The molecule has 0 aliphatic heterocycles. The van der Waals surface area contributed by atoms with Gasteiger partial charge in [0.25, 0.3) is 0 Å². The molecule has 0 bridgehead atoms. The van der Waals surface area contributed by atoms with Gasteiger partial charge in [-0.3, -0.25) is 5.32 Å². The van der Waals surface area contributed by atoms with Gasteiger partial charge in [-0.2, -0.15) is 4.39 Å². The zero-order valence-electron chi connectivity index (χ0n) is 18.9. The number of carbonyl (C=O) groups excluding carboxylic acids is 1. The molecule has 5 rings (SSSR count). The summed E-state index contributed by atoms with van der Waals surface area (Å²) < 4.78 is 46.1. The van der Waals surface area contributed by atoms with E-state index in [2.05, 4.69) is 29.6 Å². The van der Waals surface area contributed by atoms with Crippen LogP contribution >= 0.6 is 11.3 Å². The molecular weight excluding hydrogens is 471 g/mol. The third kappa shape index (κ3) is 5.25. The smallest absolute Gasteiger partial charge is 0.412 e. The molecule has 1 atom stereocenters. The van der Waals surface area contributed by atoms with E-state index in [4.69, 9.17) is 4.74 Å². The lowest BCUT2D eigenvalue weighted by atomic mass is 10.0. The van der Waals surface area contributed by atoms with Gasteiger partial charge in [0, 0.05) is 6.07 Å². The van der Waals surface area contributed by atoms with Crippen LogP contribution in [0.2, 0.25) is 0 Å². The van der Waals surface area contributed by atoms with Crippen molar-refractivity contribution in [2.45, 2.75) is 31.8 Å². The van der Waals surface area contributed by atoms with E-state index in [9.17, 15) is 18.0 Å². The van der Waals surface area contributed by atoms with Crippen LogP contribution < -0.4 is 5.32 Å². The largest absolute Gasteiger partial charge is 0.441 e. The Morgan fingerprint density at radius 3 is 2.14 bits per heavy atom. The summed E-state index contributed by atoms with van der Waals surface area (Å²) in [5, 5.41) is 2.11. The fourth-order valence-electron chi connectivity index (χ4n) is 3.98. The monoisotopic (exact) mass is 493 g/mol. The Hall–Kier alpha value is -3.58. The number of thiophene rings is 1. The number of amides is 1. The molecule has 1 saturated carbocycles. The van der Waals surface area contributed by atoms with Crippen LogP contribution in [0.5, 0.6) is 0 Å². The van der Waals surface area contributed by atoms with Gasteiger partial charge >= 0.3 is 6.09 Å².